The van der Waals surface area contributed by atoms with E-state index in [4.69, 9.17) is 25.7 Å². The fourth-order valence-corrected chi connectivity index (χ4v) is 3.42. The lowest BCUT2D eigenvalue weighted by atomic mass is 10.3. The van der Waals surface area contributed by atoms with Gasteiger partial charge < -0.3 is 19.0 Å². The Labute approximate surface area is 179 Å². The molecular weight excluding hydrogens is 402 g/mol. The monoisotopic (exact) mass is 423 g/mol. The van der Waals surface area contributed by atoms with Gasteiger partial charge in [0.25, 0.3) is 5.91 Å². The molecule has 2 aromatic carbocycles. The van der Waals surface area contributed by atoms with Crippen molar-refractivity contribution in [2.75, 3.05) is 13.2 Å². The minimum Gasteiger partial charge on any atom is -0.494 e. The fraction of sp³-hybridized carbons (Fsp3) is 0.217. The molecule has 2 heterocycles. The van der Waals surface area contributed by atoms with E-state index in [0.717, 1.165) is 35.6 Å². The molecule has 30 heavy (non-hydrogen) atoms. The van der Waals surface area contributed by atoms with Crippen LogP contribution in [0.4, 0.5) is 0 Å². The molecule has 0 bridgehead atoms. The largest absolute Gasteiger partial charge is 0.494 e. The Morgan fingerprint density at radius 3 is 2.73 bits per heavy atom. The summed E-state index contributed by atoms with van der Waals surface area (Å²) in [5.41, 5.74) is 2.03. The number of halogens is 1. The number of furan rings is 1. The highest BCUT2D eigenvalue weighted by molar-refractivity contribution is 6.30. The number of carbonyl (C=O) groups is 1. The van der Waals surface area contributed by atoms with Gasteiger partial charge in [0.2, 0.25) is 0 Å². The average molecular weight is 424 g/mol. The van der Waals surface area contributed by atoms with Crippen molar-refractivity contribution in [2.24, 2.45) is 0 Å². The highest BCUT2D eigenvalue weighted by Crippen LogP contribution is 2.18. The van der Waals surface area contributed by atoms with E-state index in [2.05, 4.69) is 16.0 Å². The highest BCUT2D eigenvalue weighted by atomic mass is 35.5. The number of nitrogens with one attached hydrogen (secondary N) is 1. The van der Waals surface area contributed by atoms with Gasteiger partial charge in [-0.1, -0.05) is 23.7 Å². The molecule has 0 aliphatic carbocycles. The Balaban J connectivity index is 1.37. The molecule has 0 saturated heterocycles. The van der Waals surface area contributed by atoms with Gasteiger partial charge in [0, 0.05) is 24.5 Å². The summed E-state index contributed by atoms with van der Waals surface area (Å²) in [5.74, 6) is 1.82. The van der Waals surface area contributed by atoms with Gasteiger partial charge in [0.15, 0.2) is 5.76 Å². The van der Waals surface area contributed by atoms with Gasteiger partial charge in [0.1, 0.15) is 11.6 Å². The number of aromatic nitrogens is 2. The second-order valence-electron chi connectivity index (χ2n) is 6.81. The SMILES string of the molecule is O=C(NCCc1nc2ccccc2n1CCCOc1ccc(Cl)cc1)c1ccco1. The predicted molar refractivity (Wildman–Crippen MR) is 116 cm³/mol. The number of para-hydroxylation sites is 2. The summed E-state index contributed by atoms with van der Waals surface area (Å²) >= 11 is 5.91. The first-order valence-corrected chi connectivity index (χ1v) is 10.2. The van der Waals surface area contributed by atoms with E-state index < -0.39 is 0 Å². The number of fused-ring (bicyclic) bond motifs is 1. The molecule has 1 N–H and O–H groups in total. The van der Waals surface area contributed by atoms with E-state index in [-0.39, 0.29) is 5.91 Å². The van der Waals surface area contributed by atoms with Crippen molar-refractivity contribution >= 4 is 28.5 Å². The molecule has 6 nitrogen and oxygen atoms in total. The number of hydrogen-bond donors (Lipinski definition) is 1. The van der Waals surface area contributed by atoms with Crippen LogP contribution in [0.2, 0.25) is 5.02 Å². The summed E-state index contributed by atoms with van der Waals surface area (Å²) in [6.07, 6.45) is 2.94. The van der Waals surface area contributed by atoms with Crippen LogP contribution in [0.15, 0.2) is 71.3 Å². The molecule has 2 aromatic heterocycles. The molecule has 4 rings (SSSR count). The number of hydrogen-bond acceptors (Lipinski definition) is 4. The van der Waals surface area contributed by atoms with E-state index >= 15 is 0 Å². The lowest BCUT2D eigenvalue weighted by Gasteiger charge is -2.11. The predicted octanol–water partition coefficient (Wildman–Crippen LogP) is 4.72. The number of benzene rings is 2. The first-order valence-electron chi connectivity index (χ1n) is 9.85. The Morgan fingerprint density at radius 2 is 1.93 bits per heavy atom. The third kappa shape index (κ3) is 4.83. The van der Waals surface area contributed by atoms with Gasteiger partial charge in [-0.3, -0.25) is 4.79 Å². The van der Waals surface area contributed by atoms with Crippen molar-refractivity contribution in [3.8, 4) is 5.75 Å². The molecule has 0 aliphatic heterocycles. The van der Waals surface area contributed by atoms with Crippen molar-refractivity contribution in [2.45, 2.75) is 19.4 Å². The van der Waals surface area contributed by atoms with Gasteiger partial charge in [-0.2, -0.15) is 0 Å². The third-order valence-corrected chi connectivity index (χ3v) is 4.97. The van der Waals surface area contributed by atoms with E-state index in [1.165, 1.54) is 6.26 Å². The lowest BCUT2D eigenvalue weighted by Crippen LogP contribution is -2.26. The van der Waals surface area contributed by atoms with Crippen LogP contribution >= 0.6 is 11.6 Å². The lowest BCUT2D eigenvalue weighted by molar-refractivity contribution is 0.0926. The molecule has 154 valence electrons. The van der Waals surface area contributed by atoms with Crippen molar-refractivity contribution in [1.29, 1.82) is 0 Å². The summed E-state index contributed by atoms with van der Waals surface area (Å²) in [7, 11) is 0. The summed E-state index contributed by atoms with van der Waals surface area (Å²) in [5, 5.41) is 3.57. The summed E-state index contributed by atoms with van der Waals surface area (Å²) in [6.45, 7) is 1.84. The topological polar surface area (TPSA) is 69.3 Å². The molecule has 0 fully saturated rings. The van der Waals surface area contributed by atoms with Gasteiger partial charge in [-0.25, -0.2) is 4.98 Å². The van der Waals surface area contributed by atoms with Crippen LogP contribution in [0, 0.1) is 0 Å². The molecule has 4 aromatic rings. The van der Waals surface area contributed by atoms with E-state index in [9.17, 15) is 4.79 Å². The molecule has 0 unspecified atom stereocenters. The maximum atomic E-state index is 12.1. The van der Waals surface area contributed by atoms with Crippen molar-refractivity contribution in [1.82, 2.24) is 14.9 Å². The van der Waals surface area contributed by atoms with Crippen LogP contribution in [-0.2, 0) is 13.0 Å². The van der Waals surface area contributed by atoms with Gasteiger partial charge >= 0.3 is 0 Å². The zero-order valence-corrected chi connectivity index (χ0v) is 17.1. The number of ether oxygens (including phenoxy) is 1. The Hall–Kier alpha value is -3.25. The molecule has 7 heteroatoms. The average Bonchev–Trinajstić information content (AvgIpc) is 3.41. The van der Waals surface area contributed by atoms with Crippen LogP contribution in [0.5, 0.6) is 5.75 Å². The van der Waals surface area contributed by atoms with Crippen molar-refractivity contribution in [3.05, 3.63) is 83.5 Å². The van der Waals surface area contributed by atoms with Crippen LogP contribution in [-0.4, -0.2) is 28.6 Å². The zero-order valence-electron chi connectivity index (χ0n) is 16.4. The maximum Gasteiger partial charge on any atom is 0.286 e. The summed E-state index contributed by atoms with van der Waals surface area (Å²) < 4.78 is 13.1. The summed E-state index contributed by atoms with van der Waals surface area (Å²) in [6, 6.07) is 18.7. The first-order chi connectivity index (χ1) is 14.7. The minimum absolute atomic E-state index is 0.223. The Morgan fingerprint density at radius 1 is 1.10 bits per heavy atom. The normalized spacial score (nSPS) is 11.0. The Bertz CT molecular complexity index is 1100. The summed E-state index contributed by atoms with van der Waals surface area (Å²) in [4.78, 5) is 16.8. The number of rotatable bonds is 9. The van der Waals surface area contributed by atoms with E-state index in [1.807, 2.05) is 42.5 Å². The highest BCUT2D eigenvalue weighted by Gasteiger charge is 2.12. The van der Waals surface area contributed by atoms with Gasteiger partial charge in [0.05, 0.1) is 23.9 Å². The zero-order chi connectivity index (χ0) is 20.8. The second-order valence-corrected chi connectivity index (χ2v) is 7.24. The number of aryl methyl sites for hydroxylation is 1. The van der Waals surface area contributed by atoms with E-state index in [1.54, 1.807) is 12.1 Å². The minimum atomic E-state index is -0.223. The number of nitrogens with zero attached hydrogens (tertiary/aromatic N) is 2. The molecule has 1 amide bonds. The van der Waals surface area contributed by atoms with Crippen LogP contribution in [0.1, 0.15) is 22.8 Å². The molecule has 0 spiro atoms. The molecule has 0 aliphatic rings. The van der Waals surface area contributed by atoms with E-state index in [0.29, 0.717) is 30.4 Å². The third-order valence-electron chi connectivity index (χ3n) is 4.72. The smallest absolute Gasteiger partial charge is 0.286 e. The molecule has 0 radical (unpaired) electrons. The molecular formula is C23H22ClN3O3. The molecule has 0 atom stereocenters. The first kappa shape index (κ1) is 20.0. The fourth-order valence-electron chi connectivity index (χ4n) is 3.29. The quantitative estimate of drug-likeness (QED) is 0.395. The van der Waals surface area contributed by atoms with Crippen LogP contribution in [0.3, 0.4) is 0 Å². The number of amides is 1. The Kier molecular flexibility index (Phi) is 6.35. The van der Waals surface area contributed by atoms with Crippen LogP contribution in [0.25, 0.3) is 11.0 Å². The number of carbonyl (C=O) groups excluding carboxylic acids is 1. The second kappa shape index (κ2) is 9.50. The van der Waals surface area contributed by atoms with Gasteiger partial charge in [-0.15, -0.1) is 0 Å². The van der Waals surface area contributed by atoms with Crippen molar-refractivity contribution < 1.29 is 13.9 Å². The maximum absolute atomic E-state index is 12.1. The molecule has 0 saturated carbocycles. The van der Waals surface area contributed by atoms with Gasteiger partial charge in [-0.05, 0) is 55.0 Å². The van der Waals surface area contributed by atoms with Crippen molar-refractivity contribution in [3.63, 3.8) is 0 Å². The standard InChI is InChI=1S/C23H22ClN3O3/c24-17-8-10-18(11-9-17)29-16-4-14-27-20-6-2-1-5-19(20)26-22(27)12-13-25-23(28)21-7-3-15-30-21/h1-3,5-11,15H,4,12-14,16H2,(H,25,28). The number of imidazole rings is 1. The van der Waals surface area contributed by atoms with Crippen LogP contribution < -0.4 is 10.1 Å².